The van der Waals surface area contributed by atoms with Crippen LogP contribution in [0.15, 0.2) is 36.4 Å². The minimum Gasteiger partial charge on any atom is -0.495 e. The van der Waals surface area contributed by atoms with Gasteiger partial charge in [-0.05, 0) is 11.6 Å². The molecule has 0 spiro atoms. The first kappa shape index (κ1) is 21.8. The van der Waals surface area contributed by atoms with Crippen molar-refractivity contribution in [2.75, 3.05) is 26.1 Å². The molecule has 156 valence electrons. The molecule has 30 heavy (non-hydrogen) atoms. The Morgan fingerprint density at radius 3 is 2.43 bits per heavy atom. The number of halogens is 2. The van der Waals surface area contributed by atoms with E-state index in [0.29, 0.717) is 46.7 Å². The number of aromatic nitrogens is 2. The Kier molecular flexibility index (Phi) is 7.47. The molecule has 3 aromatic rings. The number of aromatic amines is 1. The lowest BCUT2D eigenvalue weighted by Crippen LogP contribution is -2.03. The van der Waals surface area contributed by atoms with Gasteiger partial charge in [0.15, 0.2) is 0 Å². The van der Waals surface area contributed by atoms with Crippen molar-refractivity contribution < 1.29 is 9.47 Å². The molecule has 4 N–H and O–H groups in total. The van der Waals surface area contributed by atoms with Crippen molar-refractivity contribution in [1.82, 2.24) is 10.2 Å². The normalized spacial score (nSPS) is 10.3. The second kappa shape index (κ2) is 10.3. The number of benzene rings is 2. The molecule has 0 atom stereocenters. The summed E-state index contributed by atoms with van der Waals surface area (Å²) in [5.74, 6) is 6.90. The van der Waals surface area contributed by atoms with Crippen molar-refractivity contribution in [3.05, 3.63) is 57.7 Å². The van der Waals surface area contributed by atoms with Crippen LogP contribution in [0.5, 0.6) is 11.5 Å². The van der Waals surface area contributed by atoms with Crippen LogP contribution in [0, 0.1) is 11.8 Å². The molecular weight excluding hydrogens is 423 g/mol. The van der Waals surface area contributed by atoms with E-state index in [4.69, 9.17) is 38.4 Å². The predicted molar refractivity (Wildman–Crippen MR) is 121 cm³/mol. The van der Waals surface area contributed by atoms with E-state index >= 15 is 0 Å². The SMILES string of the molecule is COc1cc(OC)c(Cl)c(NCc2cc(-c3ccccc3CC#CCN)n[nH]2)c1Cl. The molecule has 2 aromatic carbocycles. The minimum absolute atomic E-state index is 0.348. The van der Waals surface area contributed by atoms with E-state index in [1.54, 1.807) is 6.07 Å². The van der Waals surface area contributed by atoms with E-state index < -0.39 is 0 Å². The van der Waals surface area contributed by atoms with Gasteiger partial charge in [-0.25, -0.2) is 0 Å². The Balaban J connectivity index is 1.81. The summed E-state index contributed by atoms with van der Waals surface area (Å²) >= 11 is 12.8. The van der Waals surface area contributed by atoms with Crippen LogP contribution < -0.4 is 20.5 Å². The molecule has 0 bridgehead atoms. The Morgan fingerprint density at radius 1 is 1.07 bits per heavy atom. The standard InChI is InChI=1S/C22H22Cl2N4O2/c1-29-18-12-19(30-2)21(24)22(20(18)23)26-13-15-11-17(28-27-15)16-9-4-3-7-14(16)8-5-6-10-25/h3-4,7,9,11-12,26H,8,10,13,25H2,1-2H3,(H,27,28). The molecule has 0 radical (unpaired) electrons. The van der Waals surface area contributed by atoms with Gasteiger partial charge in [0.2, 0.25) is 0 Å². The number of nitrogens with one attached hydrogen (secondary N) is 2. The van der Waals surface area contributed by atoms with Gasteiger partial charge in [0.25, 0.3) is 0 Å². The Hall–Kier alpha value is -2.85. The zero-order valence-electron chi connectivity index (χ0n) is 16.7. The van der Waals surface area contributed by atoms with Crippen LogP contribution in [-0.2, 0) is 13.0 Å². The van der Waals surface area contributed by atoms with Crippen LogP contribution >= 0.6 is 23.2 Å². The molecule has 0 unspecified atom stereocenters. The Labute approximate surface area is 185 Å². The van der Waals surface area contributed by atoms with Crippen molar-refractivity contribution in [2.24, 2.45) is 5.73 Å². The van der Waals surface area contributed by atoms with Gasteiger partial charge in [-0.15, -0.1) is 0 Å². The van der Waals surface area contributed by atoms with Crippen LogP contribution in [0.2, 0.25) is 10.0 Å². The highest BCUT2D eigenvalue weighted by atomic mass is 35.5. The summed E-state index contributed by atoms with van der Waals surface area (Å²) in [6.45, 7) is 0.776. The largest absolute Gasteiger partial charge is 0.495 e. The summed E-state index contributed by atoms with van der Waals surface area (Å²) in [5, 5.41) is 11.5. The summed E-state index contributed by atoms with van der Waals surface area (Å²) in [4.78, 5) is 0. The average Bonchev–Trinajstić information content (AvgIpc) is 3.23. The Morgan fingerprint density at radius 2 is 1.77 bits per heavy atom. The van der Waals surface area contributed by atoms with Crippen LogP contribution in [0.3, 0.4) is 0 Å². The van der Waals surface area contributed by atoms with Crippen molar-refractivity contribution in [3.63, 3.8) is 0 Å². The zero-order valence-corrected chi connectivity index (χ0v) is 18.2. The third-order valence-electron chi connectivity index (χ3n) is 4.46. The molecule has 0 aliphatic rings. The number of nitrogens with zero attached hydrogens (tertiary/aromatic N) is 1. The number of ether oxygens (including phenoxy) is 2. The molecule has 6 nitrogen and oxygen atoms in total. The molecule has 1 heterocycles. The van der Waals surface area contributed by atoms with Crippen molar-refractivity contribution in [2.45, 2.75) is 13.0 Å². The molecule has 0 fully saturated rings. The number of rotatable bonds is 7. The number of methoxy groups -OCH3 is 2. The maximum absolute atomic E-state index is 6.42. The number of nitrogens with two attached hydrogens (primary N) is 1. The highest BCUT2D eigenvalue weighted by molar-refractivity contribution is 6.41. The van der Waals surface area contributed by atoms with Gasteiger partial charge in [-0.3, -0.25) is 5.10 Å². The van der Waals surface area contributed by atoms with Gasteiger partial charge < -0.3 is 20.5 Å². The van der Waals surface area contributed by atoms with E-state index in [9.17, 15) is 0 Å². The molecule has 0 amide bonds. The Bertz CT molecular complexity index is 1060. The third-order valence-corrected chi connectivity index (χ3v) is 5.21. The molecular formula is C22H22Cl2N4O2. The lowest BCUT2D eigenvalue weighted by atomic mass is 10.0. The maximum atomic E-state index is 6.42. The van der Waals surface area contributed by atoms with Crippen LogP contribution in [0.4, 0.5) is 5.69 Å². The molecule has 0 saturated carbocycles. The van der Waals surface area contributed by atoms with E-state index in [2.05, 4.69) is 27.4 Å². The minimum atomic E-state index is 0.348. The molecule has 0 aliphatic heterocycles. The maximum Gasteiger partial charge on any atom is 0.143 e. The number of anilines is 1. The van der Waals surface area contributed by atoms with Crippen molar-refractivity contribution >= 4 is 28.9 Å². The quantitative estimate of drug-likeness (QED) is 0.466. The fraction of sp³-hybridized carbons (Fsp3) is 0.227. The molecule has 3 rings (SSSR count). The highest BCUT2D eigenvalue weighted by Gasteiger charge is 2.17. The van der Waals surface area contributed by atoms with E-state index in [0.717, 1.165) is 22.5 Å². The lowest BCUT2D eigenvalue weighted by Gasteiger charge is -2.15. The van der Waals surface area contributed by atoms with Gasteiger partial charge >= 0.3 is 0 Å². The van der Waals surface area contributed by atoms with Gasteiger partial charge in [0.1, 0.15) is 21.5 Å². The summed E-state index contributed by atoms with van der Waals surface area (Å²) < 4.78 is 10.6. The fourth-order valence-electron chi connectivity index (χ4n) is 2.97. The second-order valence-electron chi connectivity index (χ2n) is 6.31. The summed E-state index contributed by atoms with van der Waals surface area (Å²) in [6.07, 6.45) is 0.614. The average molecular weight is 445 g/mol. The first-order chi connectivity index (χ1) is 14.6. The second-order valence-corrected chi connectivity index (χ2v) is 7.06. The molecule has 8 heteroatoms. The van der Waals surface area contributed by atoms with Gasteiger partial charge in [-0.1, -0.05) is 59.3 Å². The number of hydrogen-bond donors (Lipinski definition) is 3. The summed E-state index contributed by atoms with van der Waals surface area (Å²) in [7, 11) is 3.07. The van der Waals surface area contributed by atoms with Gasteiger partial charge in [0.05, 0.1) is 44.4 Å². The number of hydrogen-bond acceptors (Lipinski definition) is 5. The first-order valence-corrected chi connectivity index (χ1v) is 9.96. The fourth-order valence-corrected chi connectivity index (χ4v) is 3.60. The van der Waals surface area contributed by atoms with Crippen molar-refractivity contribution in [3.8, 4) is 34.6 Å². The predicted octanol–water partition coefficient (Wildman–Crippen LogP) is 4.52. The molecule has 1 aromatic heterocycles. The zero-order chi connectivity index (χ0) is 21.5. The van der Waals surface area contributed by atoms with Crippen LogP contribution in [0.1, 0.15) is 11.3 Å². The van der Waals surface area contributed by atoms with Gasteiger partial charge in [-0.2, -0.15) is 5.10 Å². The summed E-state index contributed by atoms with van der Waals surface area (Å²) in [6, 6.07) is 11.6. The summed E-state index contributed by atoms with van der Waals surface area (Å²) in [5.41, 5.74) is 9.79. The highest BCUT2D eigenvalue weighted by Crippen LogP contribution is 2.44. The number of H-pyrrole nitrogens is 1. The lowest BCUT2D eigenvalue weighted by molar-refractivity contribution is 0.395. The third kappa shape index (κ3) is 4.82. The topological polar surface area (TPSA) is 85.2 Å². The van der Waals surface area contributed by atoms with E-state index in [1.807, 2.05) is 30.3 Å². The first-order valence-electron chi connectivity index (χ1n) is 9.21. The molecule has 0 saturated heterocycles. The molecule has 0 aliphatic carbocycles. The van der Waals surface area contributed by atoms with Crippen LogP contribution in [0.25, 0.3) is 11.3 Å². The van der Waals surface area contributed by atoms with E-state index in [1.165, 1.54) is 14.2 Å². The smallest absolute Gasteiger partial charge is 0.143 e. The van der Waals surface area contributed by atoms with Gasteiger partial charge in [0, 0.05) is 18.1 Å². The van der Waals surface area contributed by atoms with E-state index in [-0.39, 0.29) is 0 Å². The van der Waals surface area contributed by atoms with Crippen molar-refractivity contribution in [1.29, 1.82) is 0 Å². The monoisotopic (exact) mass is 444 g/mol. The van der Waals surface area contributed by atoms with Crippen LogP contribution in [-0.4, -0.2) is 31.0 Å².